The van der Waals surface area contributed by atoms with E-state index in [4.69, 9.17) is 17.3 Å². The second-order valence-corrected chi connectivity index (χ2v) is 8.91. The standard InChI is InChI=1S/C15H15ClF3N5.C8H9N3O/c1-24-6-11-12(7-24)22-14(16)23-13(11)21-5-8-2-9(15(17,18)19)4-10(20)3-8;12-6-11-2-1-8-7(4-11)3-9-5-10-8/h2-4H,5-7,20H2,1H3,(H,21,22,23);3,5-6H,1-2,4H2. The van der Waals surface area contributed by atoms with Gasteiger partial charge in [-0.3, -0.25) is 9.69 Å². The van der Waals surface area contributed by atoms with Crippen molar-refractivity contribution >= 4 is 29.5 Å². The van der Waals surface area contributed by atoms with Crippen LogP contribution in [0, 0.1) is 0 Å². The third-order valence-corrected chi connectivity index (χ3v) is 5.92. The topological polar surface area (TPSA) is 113 Å². The summed E-state index contributed by atoms with van der Waals surface area (Å²) in [5.41, 5.74) is 9.14. The number of nitrogens with one attached hydrogen (secondary N) is 1. The number of benzene rings is 1. The van der Waals surface area contributed by atoms with Crippen molar-refractivity contribution in [1.29, 1.82) is 0 Å². The fraction of sp³-hybridized carbons (Fsp3) is 0.348. The highest BCUT2D eigenvalue weighted by atomic mass is 35.5. The summed E-state index contributed by atoms with van der Waals surface area (Å²) in [5.74, 6) is 0.533. The summed E-state index contributed by atoms with van der Waals surface area (Å²) in [6.45, 7) is 2.88. The average molecular weight is 521 g/mol. The summed E-state index contributed by atoms with van der Waals surface area (Å²) in [6.07, 6.45) is 0.603. The van der Waals surface area contributed by atoms with Crippen molar-refractivity contribution in [2.24, 2.45) is 0 Å². The summed E-state index contributed by atoms with van der Waals surface area (Å²) < 4.78 is 38.6. The summed E-state index contributed by atoms with van der Waals surface area (Å²) in [4.78, 5) is 30.6. The van der Waals surface area contributed by atoms with Crippen LogP contribution in [0.2, 0.25) is 5.28 Å². The third-order valence-electron chi connectivity index (χ3n) is 5.76. The minimum Gasteiger partial charge on any atom is -0.399 e. The summed E-state index contributed by atoms with van der Waals surface area (Å²) >= 11 is 5.92. The van der Waals surface area contributed by atoms with Gasteiger partial charge in [-0.15, -0.1) is 0 Å². The number of nitrogens with two attached hydrogens (primary N) is 1. The summed E-state index contributed by atoms with van der Waals surface area (Å²) in [5, 5.41) is 3.15. The Bertz CT molecular complexity index is 1260. The molecule has 0 atom stereocenters. The predicted octanol–water partition coefficient (Wildman–Crippen LogP) is 3.28. The number of anilines is 2. The van der Waals surface area contributed by atoms with Gasteiger partial charge in [-0.25, -0.2) is 19.9 Å². The van der Waals surface area contributed by atoms with Crippen LogP contribution in [0.15, 0.2) is 30.7 Å². The lowest BCUT2D eigenvalue weighted by Crippen LogP contribution is -2.29. The van der Waals surface area contributed by atoms with E-state index in [1.54, 1.807) is 17.4 Å². The molecule has 2 aromatic heterocycles. The maximum absolute atomic E-state index is 12.9. The Morgan fingerprint density at radius 3 is 2.72 bits per heavy atom. The summed E-state index contributed by atoms with van der Waals surface area (Å²) in [7, 11) is 1.94. The molecule has 0 spiro atoms. The van der Waals surface area contributed by atoms with Gasteiger partial charge in [-0.2, -0.15) is 13.2 Å². The van der Waals surface area contributed by atoms with Crippen molar-refractivity contribution < 1.29 is 18.0 Å². The number of fused-ring (bicyclic) bond motifs is 2. The molecule has 2 aliphatic heterocycles. The van der Waals surface area contributed by atoms with Gasteiger partial charge < -0.3 is 16.0 Å². The number of nitrogens with zero attached hydrogens (tertiary/aromatic N) is 6. The van der Waals surface area contributed by atoms with Gasteiger partial charge in [0, 0.05) is 62.2 Å². The molecule has 0 radical (unpaired) electrons. The first-order valence-corrected chi connectivity index (χ1v) is 11.4. The molecule has 9 nitrogen and oxygen atoms in total. The molecule has 0 saturated carbocycles. The van der Waals surface area contributed by atoms with Crippen LogP contribution in [0.5, 0.6) is 0 Å². The molecule has 36 heavy (non-hydrogen) atoms. The lowest BCUT2D eigenvalue weighted by molar-refractivity contribution is -0.137. The number of carbonyl (C=O) groups excluding carboxylic acids is 1. The third kappa shape index (κ3) is 6.18. The van der Waals surface area contributed by atoms with Crippen LogP contribution in [0.4, 0.5) is 24.7 Å². The normalized spacial score (nSPS) is 15.0. The average Bonchev–Trinajstić information content (AvgIpc) is 3.21. The molecule has 0 aliphatic carbocycles. The van der Waals surface area contributed by atoms with Crippen LogP contribution in [0.3, 0.4) is 0 Å². The van der Waals surface area contributed by atoms with Crippen molar-refractivity contribution in [3.05, 3.63) is 69.6 Å². The number of halogens is 4. The van der Waals surface area contributed by atoms with Crippen LogP contribution in [-0.2, 0) is 43.6 Å². The number of amides is 1. The van der Waals surface area contributed by atoms with Gasteiger partial charge in [0.05, 0.1) is 17.0 Å². The minimum atomic E-state index is -4.44. The van der Waals surface area contributed by atoms with Crippen molar-refractivity contribution in [2.75, 3.05) is 24.6 Å². The first kappa shape index (κ1) is 25.6. The quantitative estimate of drug-likeness (QED) is 0.306. The number of rotatable bonds is 4. The maximum atomic E-state index is 12.9. The largest absolute Gasteiger partial charge is 0.416 e. The monoisotopic (exact) mass is 520 g/mol. The SMILES string of the molecule is CN1Cc2nc(Cl)nc(NCc3cc(N)cc(C(F)(F)F)c3)c2C1.O=CN1CCc2ncncc2C1. The number of hydrogen-bond acceptors (Lipinski definition) is 8. The molecule has 2 aliphatic rings. The first-order chi connectivity index (χ1) is 17.1. The van der Waals surface area contributed by atoms with Crippen LogP contribution in [0.25, 0.3) is 0 Å². The zero-order valence-corrected chi connectivity index (χ0v) is 20.1. The van der Waals surface area contributed by atoms with E-state index in [0.717, 1.165) is 54.0 Å². The molecule has 1 amide bonds. The Morgan fingerprint density at radius 2 is 1.97 bits per heavy atom. The lowest BCUT2D eigenvalue weighted by atomic mass is 10.1. The predicted molar refractivity (Wildman–Crippen MR) is 128 cm³/mol. The Labute approximate surface area is 210 Å². The molecule has 3 N–H and O–H groups in total. The molecular weight excluding hydrogens is 497 g/mol. The van der Waals surface area contributed by atoms with E-state index >= 15 is 0 Å². The Balaban J connectivity index is 0.000000211. The van der Waals surface area contributed by atoms with Crippen molar-refractivity contribution in [1.82, 2.24) is 29.7 Å². The van der Waals surface area contributed by atoms with Crippen LogP contribution >= 0.6 is 11.6 Å². The number of nitrogen functional groups attached to an aromatic ring is 1. The van der Waals surface area contributed by atoms with Gasteiger partial charge in [0.2, 0.25) is 11.7 Å². The fourth-order valence-corrected chi connectivity index (χ4v) is 4.26. The van der Waals surface area contributed by atoms with E-state index in [1.807, 2.05) is 11.9 Å². The molecule has 0 bridgehead atoms. The van der Waals surface area contributed by atoms with E-state index in [9.17, 15) is 18.0 Å². The number of hydrogen-bond donors (Lipinski definition) is 2. The number of carbonyl (C=O) groups is 1. The number of aromatic nitrogens is 4. The van der Waals surface area contributed by atoms with Gasteiger partial charge >= 0.3 is 6.18 Å². The van der Waals surface area contributed by atoms with Gasteiger partial charge in [-0.1, -0.05) is 0 Å². The highest BCUT2D eigenvalue weighted by Crippen LogP contribution is 2.32. The van der Waals surface area contributed by atoms with Gasteiger partial charge in [0.1, 0.15) is 12.1 Å². The van der Waals surface area contributed by atoms with Crippen molar-refractivity contribution in [2.45, 2.75) is 38.8 Å². The molecule has 0 unspecified atom stereocenters. The molecule has 3 aromatic rings. The highest BCUT2D eigenvalue weighted by Gasteiger charge is 2.31. The maximum Gasteiger partial charge on any atom is 0.416 e. The number of alkyl halides is 3. The highest BCUT2D eigenvalue weighted by molar-refractivity contribution is 6.28. The second kappa shape index (κ2) is 10.6. The smallest absolute Gasteiger partial charge is 0.399 e. The Kier molecular flexibility index (Phi) is 7.55. The molecule has 190 valence electrons. The van der Waals surface area contributed by atoms with Gasteiger partial charge in [0.25, 0.3) is 0 Å². The van der Waals surface area contributed by atoms with Gasteiger partial charge in [0.15, 0.2) is 0 Å². The molecule has 1 aromatic carbocycles. The van der Waals surface area contributed by atoms with Crippen LogP contribution in [-0.4, -0.2) is 49.7 Å². The van der Waals surface area contributed by atoms with E-state index in [2.05, 4.69) is 25.3 Å². The molecule has 0 saturated heterocycles. The van der Waals surface area contributed by atoms with E-state index in [0.29, 0.717) is 31.0 Å². The zero-order valence-electron chi connectivity index (χ0n) is 19.4. The second-order valence-electron chi connectivity index (χ2n) is 8.57. The van der Waals surface area contributed by atoms with E-state index < -0.39 is 11.7 Å². The Morgan fingerprint density at radius 1 is 1.17 bits per heavy atom. The summed E-state index contributed by atoms with van der Waals surface area (Å²) in [6, 6.07) is 3.48. The van der Waals surface area contributed by atoms with E-state index in [1.165, 1.54) is 6.07 Å². The van der Waals surface area contributed by atoms with Crippen molar-refractivity contribution in [3.63, 3.8) is 0 Å². The van der Waals surface area contributed by atoms with Crippen LogP contribution in [0.1, 0.15) is 33.6 Å². The first-order valence-electron chi connectivity index (χ1n) is 11.0. The van der Waals surface area contributed by atoms with Crippen molar-refractivity contribution in [3.8, 4) is 0 Å². The lowest BCUT2D eigenvalue weighted by Gasteiger charge is -2.23. The minimum absolute atomic E-state index is 0.0623. The Hall–Kier alpha value is -3.51. The van der Waals surface area contributed by atoms with E-state index in [-0.39, 0.29) is 17.5 Å². The fourth-order valence-electron chi connectivity index (χ4n) is 4.07. The molecule has 5 rings (SSSR count). The zero-order chi connectivity index (χ0) is 25.9. The molecule has 0 fully saturated rings. The van der Waals surface area contributed by atoms with Crippen LogP contribution < -0.4 is 11.1 Å². The molecule has 13 heteroatoms. The molecule has 4 heterocycles. The molecular formula is C23H24ClF3N8O. The van der Waals surface area contributed by atoms with Gasteiger partial charge in [-0.05, 0) is 42.4 Å².